The molecule has 26 heavy (non-hydrogen) atoms. The lowest BCUT2D eigenvalue weighted by atomic mass is 10.0. The fourth-order valence-corrected chi connectivity index (χ4v) is 3.37. The molecule has 0 bridgehead atoms. The standard InChI is InChI=1S/C18H17FN4O2S/c1-11-3-8-15(25-11)18(2,24)10-20-16-22-23-9-14(21-17(23)26-16)12-4-6-13(19)7-5-12/h3-9,24H,10H2,1-2H3,(H,20,22). The lowest BCUT2D eigenvalue weighted by Gasteiger charge is -2.20. The molecule has 8 heteroatoms. The summed E-state index contributed by atoms with van der Waals surface area (Å²) < 4.78 is 20.2. The SMILES string of the molecule is Cc1ccc(C(C)(O)CNc2nn3cc(-c4ccc(F)cc4)nc3s2)o1. The quantitative estimate of drug-likeness (QED) is 0.557. The number of nitrogens with one attached hydrogen (secondary N) is 1. The van der Waals surface area contributed by atoms with Gasteiger partial charge in [-0.05, 0) is 50.2 Å². The van der Waals surface area contributed by atoms with Crippen LogP contribution in [-0.2, 0) is 5.60 Å². The van der Waals surface area contributed by atoms with Crippen LogP contribution in [0.3, 0.4) is 0 Å². The molecule has 6 nitrogen and oxygen atoms in total. The first-order valence-corrected chi connectivity index (χ1v) is 8.88. The van der Waals surface area contributed by atoms with Crippen LogP contribution in [0.25, 0.3) is 16.2 Å². The van der Waals surface area contributed by atoms with E-state index in [1.807, 2.05) is 13.0 Å². The molecule has 1 aromatic carbocycles. The Bertz CT molecular complexity index is 1020. The normalized spacial score (nSPS) is 13.8. The zero-order valence-corrected chi connectivity index (χ0v) is 15.0. The van der Waals surface area contributed by atoms with Gasteiger partial charge < -0.3 is 14.8 Å². The van der Waals surface area contributed by atoms with Gasteiger partial charge in [-0.2, -0.15) is 0 Å². The van der Waals surface area contributed by atoms with Crippen LogP contribution >= 0.6 is 11.3 Å². The van der Waals surface area contributed by atoms with Crippen LogP contribution in [0.4, 0.5) is 9.52 Å². The van der Waals surface area contributed by atoms with Crippen molar-refractivity contribution in [2.24, 2.45) is 0 Å². The minimum atomic E-state index is -1.15. The highest BCUT2D eigenvalue weighted by molar-refractivity contribution is 7.20. The molecule has 0 radical (unpaired) electrons. The number of aliphatic hydroxyl groups is 1. The zero-order valence-electron chi connectivity index (χ0n) is 14.2. The molecule has 1 unspecified atom stereocenters. The second-order valence-corrected chi connectivity index (χ2v) is 7.26. The molecule has 0 aliphatic carbocycles. The highest BCUT2D eigenvalue weighted by Gasteiger charge is 2.27. The lowest BCUT2D eigenvalue weighted by Crippen LogP contribution is -2.30. The third-order valence-corrected chi connectivity index (χ3v) is 4.92. The van der Waals surface area contributed by atoms with Crippen LogP contribution in [0.15, 0.2) is 47.0 Å². The Morgan fingerprint density at radius 3 is 2.69 bits per heavy atom. The Kier molecular flexibility index (Phi) is 4.01. The van der Waals surface area contributed by atoms with E-state index in [0.29, 0.717) is 15.9 Å². The van der Waals surface area contributed by atoms with Gasteiger partial charge in [0, 0.05) is 5.56 Å². The molecule has 0 spiro atoms. The zero-order chi connectivity index (χ0) is 18.3. The van der Waals surface area contributed by atoms with Crippen LogP contribution in [0.2, 0.25) is 0 Å². The van der Waals surface area contributed by atoms with Crippen LogP contribution in [0, 0.1) is 12.7 Å². The predicted octanol–water partition coefficient (Wildman–Crippen LogP) is 3.82. The second kappa shape index (κ2) is 6.22. The Morgan fingerprint density at radius 1 is 1.27 bits per heavy atom. The van der Waals surface area contributed by atoms with Crippen LogP contribution in [0.5, 0.6) is 0 Å². The maximum absolute atomic E-state index is 13.0. The molecule has 4 rings (SSSR count). The molecular formula is C18H17FN4O2S. The summed E-state index contributed by atoms with van der Waals surface area (Å²) in [6.45, 7) is 3.77. The molecule has 0 saturated carbocycles. The van der Waals surface area contributed by atoms with Gasteiger partial charge in [-0.15, -0.1) is 5.10 Å². The van der Waals surface area contributed by atoms with Crippen molar-refractivity contribution in [1.29, 1.82) is 0 Å². The van der Waals surface area contributed by atoms with E-state index in [-0.39, 0.29) is 12.4 Å². The molecule has 0 aliphatic rings. The summed E-state index contributed by atoms with van der Waals surface area (Å²) in [6.07, 6.45) is 1.79. The van der Waals surface area contributed by atoms with E-state index >= 15 is 0 Å². The number of nitrogens with zero attached hydrogens (tertiary/aromatic N) is 3. The van der Waals surface area contributed by atoms with Crippen molar-refractivity contribution < 1.29 is 13.9 Å². The van der Waals surface area contributed by atoms with E-state index in [1.165, 1.54) is 23.5 Å². The number of fused-ring (bicyclic) bond motifs is 1. The largest absolute Gasteiger partial charge is 0.463 e. The highest BCUT2D eigenvalue weighted by atomic mass is 32.1. The van der Waals surface area contributed by atoms with Gasteiger partial charge in [0.1, 0.15) is 22.9 Å². The van der Waals surface area contributed by atoms with Gasteiger partial charge in [0.25, 0.3) is 0 Å². The molecular weight excluding hydrogens is 355 g/mol. The molecule has 1 atom stereocenters. The van der Waals surface area contributed by atoms with Gasteiger partial charge >= 0.3 is 0 Å². The molecule has 2 N–H and O–H groups in total. The summed E-state index contributed by atoms with van der Waals surface area (Å²) in [6, 6.07) is 9.76. The molecule has 0 saturated heterocycles. The molecule has 3 heterocycles. The summed E-state index contributed by atoms with van der Waals surface area (Å²) >= 11 is 1.37. The molecule has 0 amide bonds. The van der Waals surface area contributed by atoms with Crippen molar-refractivity contribution in [1.82, 2.24) is 14.6 Å². The number of benzene rings is 1. The molecule has 134 valence electrons. The van der Waals surface area contributed by atoms with E-state index in [0.717, 1.165) is 17.0 Å². The van der Waals surface area contributed by atoms with Crippen LogP contribution < -0.4 is 5.32 Å². The summed E-state index contributed by atoms with van der Waals surface area (Å²) in [5.41, 5.74) is 0.407. The second-order valence-electron chi connectivity index (χ2n) is 6.31. The molecule has 0 fully saturated rings. The van der Waals surface area contributed by atoms with Gasteiger partial charge in [0.2, 0.25) is 10.1 Å². The topological polar surface area (TPSA) is 75.6 Å². The average molecular weight is 372 g/mol. The average Bonchev–Trinajstić information content (AvgIpc) is 3.28. The Morgan fingerprint density at radius 2 is 2.04 bits per heavy atom. The highest BCUT2D eigenvalue weighted by Crippen LogP contribution is 2.27. The lowest BCUT2D eigenvalue weighted by molar-refractivity contribution is 0.0468. The van der Waals surface area contributed by atoms with Crippen LogP contribution in [0.1, 0.15) is 18.4 Å². The van der Waals surface area contributed by atoms with Gasteiger partial charge in [-0.25, -0.2) is 13.9 Å². The van der Waals surface area contributed by atoms with E-state index < -0.39 is 5.60 Å². The first-order chi connectivity index (χ1) is 12.4. The van der Waals surface area contributed by atoms with E-state index in [1.54, 1.807) is 35.8 Å². The first kappa shape index (κ1) is 16.7. The fourth-order valence-electron chi connectivity index (χ4n) is 2.59. The van der Waals surface area contributed by atoms with Gasteiger partial charge in [-0.3, -0.25) is 0 Å². The number of anilines is 1. The Labute approximate surface area is 152 Å². The van der Waals surface area contributed by atoms with Gasteiger partial charge in [-0.1, -0.05) is 11.3 Å². The number of hydrogen-bond donors (Lipinski definition) is 2. The molecule has 0 aliphatic heterocycles. The minimum Gasteiger partial charge on any atom is -0.463 e. The number of hydrogen-bond acceptors (Lipinski definition) is 6. The van der Waals surface area contributed by atoms with Gasteiger partial charge in [0.15, 0.2) is 0 Å². The van der Waals surface area contributed by atoms with Crippen molar-refractivity contribution in [3.63, 3.8) is 0 Å². The van der Waals surface area contributed by atoms with Crippen molar-refractivity contribution >= 4 is 21.4 Å². The van der Waals surface area contributed by atoms with Crippen molar-refractivity contribution in [2.75, 3.05) is 11.9 Å². The number of halogens is 1. The van der Waals surface area contributed by atoms with E-state index in [2.05, 4.69) is 15.4 Å². The summed E-state index contributed by atoms with van der Waals surface area (Å²) in [4.78, 5) is 5.22. The molecule has 4 aromatic rings. The molecule has 3 aromatic heterocycles. The summed E-state index contributed by atoms with van der Waals surface area (Å²) in [7, 11) is 0. The number of imidazole rings is 1. The third-order valence-electron chi connectivity index (χ3n) is 4.04. The number of aryl methyl sites for hydroxylation is 1. The smallest absolute Gasteiger partial charge is 0.214 e. The maximum Gasteiger partial charge on any atom is 0.214 e. The number of aromatic nitrogens is 3. The van der Waals surface area contributed by atoms with E-state index in [4.69, 9.17) is 4.42 Å². The van der Waals surface area contributed by atoms with Gasteiger partial charge in [0.05, 0.1) is 18.4 Å². The third kappa shape index (κ3) is 3.21. The number of furan rings is 1. The fraction of sp³-hybridized carbons (Fsp3) is 0.222. The van der Waals surface area contributed by atoms with Crippen molar-refractivity contribution in [2.45, 2.75) is 19.4 Å². The maximum atomic E-state index is 13.0. The van der Waals surface area contributed by atoms with Crippen LogP contribution in [-0.4, -0.2) is 26.2 Å². The monoisotopic (exact) mass is 372 g/mol. The Balaban J connectivity index is 1.50. The Hall–Kier alpha value is -2.71. The van der Waals surface area contributed by atoms with Crippen molar-refractivity contribution in [3.8, 4) is 11.3 Å². The van der Waals surface area contributed by atoms with Crippen molar-refractivity contribution in [3.05, 3.63) is 59.9 Å². The first-order valence-electron chi connectivity index (χ1n) is 8.06. The number of rotatable bonds is 5. The minimum absolute atomic E-state index is 0.251. The van der Waals surface area contributed by atoms with E-state index in [9.17, 15) is 9.50 Å². The predicted molar refractivity (Wildman–Crippen MR) is 97.8 cm³/mol. The summed E-state index contributed by atoms with van der Waals surface area (Å²) in [5, 5.41) is 18.8. The summed E-state index contributed by atoms with van der Waals surface area (Å²) in [5.74, 6) is 0.974.